The predicted molar refractivity (Wildman–Crippen MR) is 72.1 cm³/mol. The van der Waals surface area contributed by atoms with Crippen molar-refractivity contribution in [3.05, 3.63) is 33.9 Å². The molecule has 1 fully saturated rings. The fourth-order valence-corrected chi connectivity index (χ4v) is 2.53. The molecule has 0 aliphatic carbocycles. The van der Waals surface area contributed by atoms with Crippen LogP contribution in [0.5, 0.6) is 0 Å². The zero-order valence-electron chi connectivity index (χ0n) is 11.0. The molecule has 1 aliphatic heterocycles. The van der Waals surface area contributed by atoms with E-state index < -0.39 is 4.92 Å². The molecule has 2 atom stereocenters. The van der Waals surface area contributed by atoms with E-state index in [2.05, 4.69) is 19.2 Å². The van der Waals surface area contributed by atoms with E-state index in [1.165, 1.54) is 6.07 Å². The second-order valence-electron chi connectivity index (χ2n) is 4.95. The van der Waals surface area contributed by atoms with Crippen molar-refractivity contribution >= 4 is 11.4 Å². The Hall–Kier alpha value is -2.13. The molecule has 1 aliphatic rings. The molecule has 6 nitrogen and oxygen atoms in total. The molecule has 0 radical (unpaired) electrons. The van der Waals surface area contributed by atoms with Crippen LogP contribution in [0.15, 0.2) is 18.2 Å². The van der Waals surface area contributed by atoms with Gasteiger partial charge in [0, 0.05) is 31.2 Å². The van der Waals surface area contributed by atoms with Crippen LogP contribution in [-0.4, -0.2) is 30.1 Å². The first-order chi connectivity index (χ1) is 9.01. The fraction of sp³-hybridized carbons (Fsp3) is 0.462. The van der Waals surface area contributed by atoms with Gasteiger partial charge in [-0.3, -0.25) is 10.1 Å². The minimum atomic E-state index is -0.423. The Balaban J connectivity index is 2.38. The largest absolute Gasteiger partial charge is 0.363 e. The van der Waals surface area contributed by atoms with E-state index >= 15 is 0 Å². The summed E-state index contributed by atoms with van der Waals surface area (Å²) in [5, 5.41) is 23.4. The van der Waals surface area contributed by atoms with Gasteiger partial charge in [0.1, 0.15) is 5.69 Å². The van der Waals surface area contributed by atoms with Crippen LogP contribution < -0.4 is 10.2 Å². The van der Waals surface area contributed by atoms with Crippen LogP contribution in [0, 0.1) is 21.4 Å². The number of nitro benzene ring substituents is 1. The van der Waals surface area contributed by atoms with Crippen molar-refractivity contribution in [2.45, 2.75) is 25.9 Å². The second-order valence-corrected chi connectivity index (χ2v) is 4.95. The first kappa shape index (κ1) is 13.3. The first-order valence-electron chi connectivity index (χ1n) is 6.21. The van der Waals surface area contributed by atoms with Crippen molar-refractivity contribution in [2.75, 3.05) is 18.0 Å². The smallest absolute Gasteiger partial charge is 0.293 e. The Labute approximate surface area is 111 Å². The number of nitriles is 1. The highest BCUT2D eigenvalue weighted by Crippen LogP contribution is 2.30. The van der Waals surface area contributed by atoms with E-state index in [-0.39, 0.29) is 17.8 Å². The first-order valence-corrected chi connectivity index (χ1v) is 6.21. The maximum absolute atomic E-state index is 11.1. The van der Waals surface area contributed by atoms with E-state index in [0.29, 0.717) is 11.3 Å². The predicted octanol–water partition coefficient (Wildman–Crippen LogP) is 1.65. The van der Waals surface area contributed by atoms with E-state index in [9.17, 15) is 10.1 Å². The SMILES string of the molecule is CC1CN(c2ccc(C#N)cc2[N+](=O)[O-])CC(C)N1. The molecule has 1 heterocycles. The molecule has 1 N–H and O–H groups in total. The van der Waals surface area contributed by atoms with Gasteiger partial charge >= 0.3 is 0 Å². The lowest BCUT2D eigenvalue weighted by atomic mass is 10.1. The summed E-state index contributed by atoms with van der Waals surface area (Å²) in [6.07, 6.45) is 0. The van der Waals surface area contributed by atoms with E-state index in [1.807, 2.05) is 11.0 Å². The quantitative estimate of drug-likeness (QED) is 0.646. The summed E-state index contributed by atoms with van der Waals surface area (Å²) in [7, 11) is 0. The van der Waals surface area contributed by atoms with E-state index in [1.54, 1.807) is 12.1 Å². The third-order valence-electron chi connectivity index (χ3n) is 3.20. The summed E-state index contributed by atoms with van der Waals surface area (Å²) in [5.74, 6) is 0. The van der Waals surface area contributed by atoms with Crippen molar-refractivity contribution < 1.29 is 4.92 Å². The Bertz CT molecular complexity index is 528. The number of hydrogen-bond acceptors (Lipinski definition) is 5. The minimum absolute atomic E-state index is 0.000324. The highest BCUT2D eigenvalue weighted by molar-refractivity contribution is 5.66. The number of nitro groups is 1. The van der Waals surface area contributed by atoms with Gasteiger partial charge in [0.15, 0.2) is 0 Å². The van der Waals surface area contributed by atoms with Gasteiger partial charge in [0.2, 0.25) is 0 Å². The Morgan fingerprint density at radius 1 is 1.42 bits per heavy atom. The number of nitrogens with one attached hydrogen (secondary N) is 1. The summed E-state index contributed by atoms with van der Waals surface area (Å²) < 4.78 is 0. The van der Waals surface area contributed by atoms with Gasteiger partial charge < -0.3 is 10.2 Å². The molecule has 1 saturated heterocycles. The van der Waals surface area contributed by atoms with Crippen molar-refractivity contribution in [2.24, 2.45) is 0 Å². The lowest BCUT2D eigenvalue weighted by molar-refractivity contribution is -0.384. The normalized spacial score (nSPS) is 22.9. The van der Waals surface area contributed by atoms with Crippen molar-refractivity contribution in [3.63, 3.8) is 0 Å². The molecule has 2 rings (SSSR count). The lowest BCUT2D eigenvalue weighted by Crippen LogP contribution is -2.54. The number of benzene rings is 1. The molecule has 2 unspecified atom stereocenters. The van der Waals surface area contributed by atoms with Gasteiger partial charge in [0.05, 0.1) is 16.6 Å². The number of rotatable bonds is 2. The van der Waals surface area contributed by atoms with Crippen molar-refractivity contribution in [1.29, 1.82) is 5.26 Å². The van der Waals surface area contributed by atoms with Crippen molar-refractivity contribution in [1.82, 2.24) is 5.32 Å². The molecule has 0 saturated carbocycles. The zero-order valence-corrected chi connectivity index (χ0v) is 11.0. The molecule has 0 bridgehead atoms. The average Bonchev–Trinajstić information content (AvgIpc) is 2.36. The highest BCUT2D eigenvalue weighted by Gasteiger charge is 2.26. The van der Waals surface area contributed by atoms with Crippen molar-refractivity contribution in [3.8, 4) is 6.07 Å². The molecule has 1 aromatic rings. The molecule has 0 amide bonds. The third kappa shape index (κ3) is 2.83. The fourth-order valence-electron chi connectivity index (χ4n) is 2.53. The van der Waals surface area contributed by atoms with Gasteiger partial charge in [-0.2, -0.15) is 5.26 Å². The number of anilines is 1. The molecule has 19 heavy (non-hydrogen) atoms. The van der Waals surface area contributed by atoms with Crippen LogP contribution in [0.3, 0.4) is 0 Å². The summed E-state index contributed by atoms with van der Waals surface area (Å²) in [5.41, 5.74) is 0.899. The lowest BCUT2D eigenvalue weighted by Gasteiger charge is -2.37. The molecule has 0 aromatic heterocycles. The minimum Gasteiger partial charge on any atom is -0.363 e. The van der Waals surface area contributed by atoms with Gasteiger partial charge in [-0.25, -0.2) is 0 Å². The average molecular weight is 260 g/mol. The molecule has 6 heteroatoms. The topological polar surface area (TPSA) is 82.2 Å². The second kappa shape index (κ2) is 5.24. The highest BCUT2D eigenvalue weighted by atomic mass is 16.6. The summed E-state index contributed by atoms with van der Waals surface area (Å²) in [4.78, 5) is 12.7. The van der Waals surface area contributed by atoms with Gasteiger partial charge in [-0.1, -0.05) is 0 Å². The maximum atomic E-state index is 11.1. The molecule has 0 spiro atoms. The number of piperazine rings is 1. The Kier molecular flexibility index (Phi) is 3.67. The van der Waals surface area contributed by atoms with Crippen LogP contribution in [-0.2, 0) is 0 Å². The van der Waals surface area contributed by atoms with Gasteiger partial charge in [-0.15, -0.1) is 0 Å². The Morgan fingerprint density at radius 2 is 2.05 bits per heavy atom. The molecule has 100 valence electrons. The van der Waals surface area contributed by atoms with Gasteiger partial charge in [0.25, 0.3) is 5.69 Å². The van der Waals surface area contributed by atoms with E-state index in [4.69, 9.17) is 5.26 Å². The van der Waals surface area contributed by atoms with Crippen LogP contribution >= 0.6 is 0 Å². The molecular weight excluding hydrogens is 244 g/mol. The molecule has 1 aromatic carbocycles. The van der Waals surface area contributed by atoms with Gasteiger partial charge in [-0.05, 0) is 26.0 Å². The van der Waals surface area contributed by atoms with Crippen LogP contribution in [0.4, 0.5) is 11.4 Å². The standard InChI is InChI=1S/C13H16N4O2/c1-9-7-16(8-10(2)15-9)12-4-3-11(6-14)5-13(12)17(18)19/h3-5,9-10,15H,7-8H2,1-2H3. The monoisotopic (exact) mass is 260 g/mol. The summed E-state index contributed by atoms with van der Waals surface area (Å²) >= 11 is 0. The maximum Gasteiger partial charge on any atom is 0.293 e. The summed E-state index contributed by atoms with van der Waals surface area (Å²) in [6, 6.07) is 7.12. The Morgan fingerprint density at radius 3 is 2.58 bits per heavy atom. The number of hydrogen-bond donors (Lipinski definition) is 1. The van der Waals surface area contributed by atoms with E-state index in [0.717, 1.165) is 13.1 Å². The molecular formula is C13H16N4O2. The van der Waals surface area contributed by atoms with Crippen LogP contribution in [0.25, 0.3) is 0 Å². The van der Waals surface area contributed by atoms with Crippen LogP contribution in [0.2, 0.25) is 0 Å². The zero-order chi connectivity index (χ0) is 14.0. The third-order valence-corrected chi connectivity index (χ3v) is 3.20. The van der Waals surface area contributed by atoms with Crippen LogP contribution in [0.1, 0.15) is 19.4 Å². The number of nitrogens with zero attached hydrogens (tertiary/aromatic N) is 3. The summed E-state index contributed by atoms with van der Waals surface area (Å²) in [6.45, 7) is 5.55.